The summed E-state index contributed by atoms with van der Waals surface area (Å²) in [5.41, 5.74) is 0.398. The molecule has 0 radical (unpaired) electrons. The van der Waals surface area contributed by atoms with Gasteiger partial charge < -0.3 is 4.74 Å². The van der Waals surface area contributed by atoms with Crippen LogP contribution in [0, 0.1) is 18.3 Å². The number of ketones is 1. The first-order valence-corrected chi connectivity index (χ1v) is 7.77. The van der Waals surface area contributed by atoms with Gasteiger partial charge in [0.25, 0.3) is 0 Å². The molecule has 2 atom stereocenters. The average molecular weight is 370 g/mol. The number of methoxy groups -OCH3 is 1. The van der Waals surface area contributed by atoms with E-state index in [1.165, 1.54) is 6.07 Å². The molecule has 0 amide bonds. The number of nitrogens with zero attached hydrogens (tertiary/aromatic N) is 1. The fourth-order valence-electron chi connectivity index (χ4n) is 2.99. The van der Waals surface area contributed by atoms with Crippen LogP contribution in [-0.2, 0) is 9.53 Å². The molecule has 0 bridgehead atoms. The Kier molecular flexibility index (Phi) is 5.71. The summed E-state index contributed by atoms with van der Waals surface area (Å²) < 4.78 is 46.6. The third-order valence-corrected chi connectivity index (χ3v) is 4.36. The summed E-state index contributed by atoms with van der Waals surface area (Å²) in [7, 11) is 1.02. The highest BCUT2D eigenvalue weighted by Gasteiger charge is 2.50. The molecule has 0 N–H and O–H groups in total. The number of alkyl halides is 3. The number of nitriles is 1. The van der Waals surface area contributed by atoms with Crippen LogP contribution in [0.5, 0.6) is 0 Å². The summed E-state index contributed by atoms with van der Waals surface area (Å²) >= 11 is 6.13. The molecule has 25 heavy (non-hydrogen) atoms. The minimum atomic E-state index is -4.79. The predicted octanol–water partition coefficient (Wildman–Crippen LogP) is 4.95. The lowest BCUT2D eigenvalue weighted by Gasteiger charge is -2.29. The molecule has 0 saturated heterocycles. The number of benzene rings is 2. The van der Waals surface area contributed by atoms with Crippen molar-refractivity contribution in [2.24, 2.45) is 0 Å². The van der Waals surface area contributed by atoms with Crippen LogP contribution < -0.4 is 0 Å². The fraction of sp³-hybridized carbons (Fsp3) is 0.333. The normalized spacial score (nSPS) is 14.1. The number of fused-ring (bicyclic) bond motifs is 1. The van der Waals surface area contributed by atoms with Gasteiger partial charge in [-0.3, -0.25) is 4.79 Å². The lowest BCUT2D eigenvalue weighted by molar-refractivity contribution is -0.180. The number of hydrogen-bond donors (Lipinski definition) is 0. The molecule has 0 aliphatic heterocycles. The monoisotopic (exact) mass is 369 g/mol. The Bertz CT molecular complexity index is 843. The van der Waals surface area contributed by atoms with Gasteiger partial charge in [0.2, 0.25) is 0 Å². The summed E-state index contributed by atoms with van der Waals surface area (Å²) in [5.74, 6) is -3.20. The molecule has 0 heterocycles. The Labute approximate surface area is 148 Å². The van der Waals surface area contributed by atoms with E-state index in [1.54, 1.807) is 37.3 Å². The van der Waals surface area contributed by atoms with Gasteiger partial charge in [-0.2, -0.15) is 18.4 Å². The molecule has 132 valence electrons. The van der Waals surface area contributed by atoms with Crippen LogP contribution in [0.1, 0.15) is 23.5 Å². The smallest absolute Gasteiger partial charge is 0.373 e. The van der Waals surface area contributed by atoms with E-state index in [2.05, 4.69) is 0 Å². The molecule has 2 aromatic carbocycles. The van der Waals surface area contributed by atoms with Crippen molar-refractivity contribution in [3.05, 3.63) is 46.5 Å². The third kappa shape index (κ3) is 3.78. The maximum atomic E-state index is 13.9. The van der Waals surface area contributed by atoms with Crippen LogP contribution in [0.25, 0.3) is 10.8 Å². The largest absolute Gasteiger partial charge is 0.398 e. The highest BCUT2D eigenvalue weighted by atomic mass is 35.5. The number of halogens is 4. The minimum absolute atomic E-state index is 0.101. The molecule has 2 rings (SSSR count). The van der Waals surface area contributed by atoms with Crippen molar-refractivity contribution < 1.29 is 22.7 Å². The number of aryl methyl sites for hydroxylation is 1. The first-order chi connectivity index (χ1) is 11.7. The highest BCUT2D eigenvalue weighted by Crippen LogP contribution is 2.45. The van der Waals surface area contributed by atoms with Crippen molar-refractivity contribution in [2.75, 3.05) is 7.11 Å². The van der Waals surface area contributed by atoms with Gasteiger partial charge in [-0.05, 0) is 34.9 Å². The summed E-state index contributed by atoms with van der Waals surface area (Å²) in [4.78, 5) is 12.1. The standard InChI is InChI=1S/C18H15ClF3NO2/c1-10-4-3-5-11-6-7-12(19)15(14(10)11)16(18(20,21)22)17(25-2)13(24)8-9-23/h3-7,16-17H,8H2,1-2H3. The van der Waals surface area contributed by atoms with Crippen LogP contribution in [-0.4, -0.2) is 25.2 Å². The summed E-state index contributed by atoms with van der Waals surface area (Å²) in [5, 5.41) is 9.49. The number of carbonyl (C=O) groups is 1. The van der Waals surface area contributed by atoms with Gasteiger partial charge >= 0.3 is 6.18 Å². The van der Waals surface area contributed by atoms with E-state index in [0.29, 0.717) is 16.3 Å². The SMILES string of the molecule is COC(C(=O)CC#N)C(c1c(Cl)ccc2cccc(C)c12)C(F)(F)F. The van der Waals surface area contributed by atoms with Gasteiger partial charge in [0, 0.05) is 12.1 Å². The predicted molar refractivity (Wildman–Crippen MR) is 88.5 cm³/mol. The zero-order valence-electron chi connectivity index (χ0n) is 13.5. The molecule has 2 unspecified atom stereocenters. The molecule has 0 fully saturated rings. The van der Waals surface area contributed by atoms with Crippen molar-refractivity contribution in [2.45, 2.75) is 31.5 Å². The van der Waals surface area contributed by atoms with E-state index in [4.69, 9.17) is 21.6 Å². The maximum absolute atomic E-state index is 13.9. The van der Waals surface area contributed by atoms with Crippen LogP contribution in [0.4, 0.5) is 13.2 Å². The van der Waals surface area contributed by atoms with Gasteiger partial charge in [-0.25, -0.2) is 0 Å². The molecular weight excluding hydrogens is 355 g/mol. The van der Waals surface area contributed by atoms with Crippen LogP contribution in [0.3, 0.4) is 0 Å². The zero-order valence-corrected chi connectivity index (χ0v) is 14.3. The number of rotatable bonds is 5. The summed E-state index contributed by atoms with van der Waals surface area (Å²) in [6, 6.07) is 9.65. The Morgan fingerprint density at radius 2 is 2.00 bits per heavy atom. The van der Waals surface area contributed by atoms with E-state index in [-0.39, 0.29) is 10.6 Å². The zero-order chi connectivity index (χ0) is 18.8. The van der Waals surface area contributed by atoms with E-state index >= 15 is 0 Å². The first kappa shape index (κ1) is 19.2. The molecule has 0 aromatic heterocycles. The van der Waals surface area contributed by atoms with Crippen molar-refractivity contribution in [1.29, 1.82) is 5.26 Å². The van der Waals surface area contributed by atoms with E-state index in [9.17, 15) is 18.0 Å². The highest BCUT2D eigenvalue weighted by molar-refractivity contribution is 6.32. The maximum Gasteiger partial charge on any atom is 0.398 e. The molecule has 0 aliphatic rings. The number of Topliss-reactive ketones (excluding diaryl/α,β-unsaturated/α-hetero) is 1. The number of hydrogen-bond acceptors (Lipinski definition) is 3. The first-order valence-electron chi connectivity index (χ1n) is 7.39. The molecule has 2 aromatic rings. The van der Waals surface area contributed by atoms with Crippen molar-refractivity contribution in [3.63, 3.8) is 0 Å². The third-order valence-electron chi connectivity index (χ3n) is 4.03. The van der Waals surface area contributed by atoms with E-state index < -0.39 is 30.4 Å². The quantitative estimate of drug-likeness (QED) is 0.749. The Morgan fingerprint density at radius 3 is 2.56 bits per heavy atom. The molecule has 3 nitrogen and oxygen atoms in total. The molecular formula is C18H15ClF3NO2. The van der Waals surface area contributed by atoms with Crippen LogP contribution in [0.2, 0.25) is 5.02 Å². The topological polar surface area (TPSA) is 50.1 Å². The van der Waals surface area contributed by atoms with Crippen LogP contribution >= 0.6 is 11.6 Å². The lowest BCUT2D eigenvalue weighted by Crippen LogP contribution is -2.39. The Hall–Kier alpha value is -2.10. The van der Waals surface area contributed by atoms with Crippen molar-refractivity contribution in [1.82, 2.24) is 0 Å². The van der Waals surface area contributed by atoms with Crippen molar-refractivity contribution in [3.8, 4) is 6.07 Å². The minimum Gasteiger partial charge on any atom is -0.373 e. The van der Waals surface area contributed by atoms with Gasteiger partial charge in [-0.15, -0.1) is 0 Å². The van der Waals surface area contributed by atoms with Gasteiger partial charge in [0.05, 0.1) is 12.5 Å². The second-order valence-corrected chi connectivity index (χ2v) is 6.02. The molecule has 0 spiro atoms. The molecule has 0 aliphatic carbocycles. The Morgan fingerprint density at radius 1 is 1.32 bits per heavy atom. The van der Waals surface area contributed by atoms with E-state index in [0.717, 1.165) is 7.11 Å². The van der Waals surface area contributed by atoms with Gasteiger partial charge in [-0.1, -0.05) is 35.9 Å². The van der Waals surface area contributed by atoms with Gasteiger partial charge in [0.15, 0.2) is 5.78 Å². The van der Waals surface area contributed by atoms with E-state index in [1.807, 2.05) is 0 Å². The fourth-order valence-corrected chi connectivity index (χ4v) is 3.27. The number of carbonyl (C=O) groups excluding carboxylic acids is 1. The molecule has 7 heteroatoms. The average Bonchev–Trinajstić information content (AvgIpc) is 2.53. The van der Waals surface area contributed by atoms with Crippen molar-refractivity contribution >= 4 is 28.2 Å². The molecule has 0 saturated carbocycles. The second kappa shape index (κ2) is 7.42. The summed E-state index contributed by atoms with van der Waals surface area (Å²) in [6.45, 7) is 1.68. The van der Waals surface area contributed by atoms with Gasteiger partial charge in [0.1, 0.15) is 12.0 Å². The number of ether oxygens (including phenoxy) is 1. The Balaban J connectivity index is 2.80. The lowest BCUT2D eigenvalue weighted by atomic mass is 9.85. The van der Waals surface area contributed by atoms with Crippen LogP contribution in [0.15, 0.2) is 30.3 Å². The second-order valence-electron chi connectivity index (χ2n) is 5.61. The summed E-state index contributed by atoms with van der Waals surface area (Å²) in [6.07, 6.45) is -7.30.